The van der Waals surface area contributed by atoms with Gasteiger partial charge in [0.05, 0.1) is 6.61 Å². The van der Waals surface area contributed by atoms with E-state index in [1.54, 1.807) is 0 Å². The largest absolute Gasteiger partial charge is 0.493 e. The van der Waals surface area contributed by atoms with Gasteiger partial charge in [0.15, 0.2) is 0 Å². The van der Waals surface area contributed by atoms with Crippen LogP contribution in [0.2, 0.25) is 0 Å². The van der Waals surface area contributed by atoms with E-state index in [0.29, 0.717) is 11.8 Å². The Bertz CT molecular complexity index is 423. The highest BCUT2D eigenvalue weighted by molar-refractivity contribution is 5.44. The molecule has 0 saturated carbocycles. The molecule has 0 atom stereocenters. The van der Waals surface area contributed by atoms with Gasteiger partial charge >= 0.3 is 0 Å². The maximum Gasteiger partial charge on any atom is 0.126 e. The Balaban J connectivity index is 2.42. The molecule has 0 fully saturated rings. The van der Waals surface area contributed by atoms with Crippen molar-refractivity contribution >= 4 is 0 Å². The molecule has 0 radical (unpaired) electrons. The van der Waals surface area contributed by atoms with E-state index in [1.807, 2.05) is 0 Å². The zero-order valence-electron chi connectivity index (χ0n) is 16.9. The molecule has 1 rings (SSSR count). The summed E-state index contributed by atoms with van der Waals surface area (Å²) in [6.07, 6.45) is 5.04. The fraction of sp³-hybridized carbons (Fsp3) is 0.727. The lowest BCUT2D eigenvalue weighted by Crippen LogP contribution is -2.23. The summed E-state index contributed by atoms with van der Waals surface area (Å²) in [6, 6.07) is 6.61. The van der Waals surface area contributed by atoms with E-state index in [-0.39, 0.29) is 0 Å². The van der Waals surface area contributed by atoms with Crippen molar-refractivity contribution in [3.63, 3.8) is 0 Å². The molecule has 0 aliphatic carbocycles. The van der Waals surface area contributed by atoms with Crippen molar-refractivity contribution in [2.24, 2.45) is 0 Å². The maximum atomic E-state index is 6.25. The Labute approximate surface area is 150 Å². The number of rotatable bonds is 12. The topological polar surface area (TPSA) is 12.5 Å². The fourth-order valence-corrected chi connectivity index (χ4v) is 3.15. The van der Waals surface area contributed by atoms with E-state index in [4.69, 9.17) is 4.74 Å². The highest BCUT2D eigenvalue weighted by Crippen LogP contribution is 2.34. The van der Waals surface area contributed by atoms with Crippen LogP contribution in [-0.2, 0) is 0 Å². The Morgan fingerprint density at radius 3 is 1.88 bits per heavy atom. The van der Waals surface area contributed by atoms with Gasteiger partial charge in [0.25, 0.3) is 0 Å². The van der Waals surface area contributed by atoms with Gasteiger partial charge in [-0.2, -0.15) is 0 Å². The highest BCUT2D eigenvalue weighted by atomic mass is 16.5. The zero-order valence-corrected chi connectivity index (χ0v) is 16.9. The molecule has 24 heavy (non-hydrogen) atoms. The SMILES string of the molecule is CCN(CC)CCCCCCOc1c(C(C)C)cccc1C(C)C. The van der Waals surface area contributed by atoms with Crippen LogP contribution in [0.25, 0.3) is 0 Å². The summed E-state index contributed by atoms with van der Waals surface area (Å²) < 4.78 is 6.25. The molecular formula is C22H39NO. The van der Waals surface area contributed by atoms with Gasteiger partial charge in [-0.25, -0.2) is 0 Å². The van der Waals surface area contributed by atoms with Gasteiger partial charge in [-0.1, -0.05) is 72.6 Å². The van der Waals surface area contributed by atoms with Gasteiger partial charge in [-0.15, -0.1) is 0 Å². The van der Waals surface area contributed by atoms with Crippen molar-refractivity contribution < 1.29 is 4.74 Å². The van der Waals surface area contributed by atoms with Crippen molar-refractivity contribution in [2.75, 3.05) is 26.2 Å². The van der Waals surface area contributed by atoms with Crippen LogP contribution in [-0.4, -0.2) is 31.1 Å². The van der Waals surface area contributed by atoms with Crippen LogP contribution in [0.5, 0.6) is 5.75 Å². The Kier molecular flexibility index (Phi) is 10.1. The summed E-state index contributed by atoms with van der Waals surface area (Å²) >= 11 is 0. The predicted octanol–water partition coefficient (Wildman–Crippen LogP) is 6.21. The van der Waals surface area contributed by atoms with Gasteiger partial charge in [0.1, 0.15) is 5.75 Å². The summed E-state index contributed by atoms with van der Waals surface area (Å²) in [5, 5.41) is 0. The van der Waals surface area contributed by atoms with Crippen molar-refractivity contribution in [1.29, 1.82) is 0 Å². The van der Waals surface area contributed by atoms with Crippen LogP contribution in [0, 0.1) is 0 Å². The summed E-state index contributed by atoms with van der Waals surface area (Å²) in [5.74, 6) is 2.16. The molecule has 0 unspecified atom stereocenters. The smallest absolute Gasteiger partial charge is 0.126 e. The lowest BCUT2D eigenvalue weighted by molar-refractivity contribution is 0.281. The molecule has 0 N–H and O–H groups in total. The second-order valence-electron chi connectivity index (χ2n) is 7.36. The van der Waals surface area contributed by atoms with E-state index in [2.05, 4.69) is 64.6 Å². The van der Waals surface area contributed by atoms with E-state index < -0.39 is 0 Å². The molecule has 0 aliphatic rings. The van der Waals surface area contributed by atoms with Crippen LogP contribution in [0.15, 0.2) is 18.2 Å². The first-order valence-electron chi connectivity index (χ1n) is 9.99. The van der Waals surface area contributed by atoms with Crippen molar-refractivity contribution in [2.45, 2.75) is 79.1 Å². The molecule has 1 aromatic carbocycles. The van der Waals surface area contributed by atoms with Crippen LogP contribution < -0.4 is 4.74 Å². The number of ether oxygens (including phenoxy) is 1. The minimum atomic E-state index is 0.507. The van der Waals surface area contributed by atoms with Crippen LogP contribution in [0.1, 0.15) is 90.2 Å². The first-order chi connectivity index (χ1) is 11.5. The summed E-state index contributed by atoms with van der Waals surface area (Å²) in [7, 11) is 0. The van der Waals surface area contributed by atoms with E-state index in [0.717, 1.165) is 18.8 Å². The van der Waals surface area contributed by atoms with Gasteiger partial charge in [-0.3, -0.25) is 0 Å². The minimum absolute atomic E-state index is 0.507. The fourth-order valence-electron chi connectivity index (χ4n) is 3.15. The summed E-state index contributed by atoms with van der Waals surface area (Å²) in [5.41, 5.74) is 2.70. The van der Waals surface area contributed by atoms with Crippen molar-refractivity contribution in [3.8, 4) is 5.75 Å². The number of benzene rings is 1. The molecule has 0 spiro atoms. The van der Waals surface area contributed by atoms with Gasteiger partial charge in [0.2, 0.25) is 0 Å². The second-order valence-corrected chi connectivity index (χ2v) is 7.36. The molecule has 2 heteroatoms. The Morgan fingerprint density at radius 2 is 1.38 bits per heavy atom. The normalized spacial score (nSPS) is 11.7. The van der Waals surface area contributed by atoms with Crippen LogP contribution in [0.4, 0.5) is 0 Å². The van der Waals surface area contributed by atoms with Crippen molar-refractivity contribution in [3.05, 3.63) is 29.3 Å². The Hall–Kier alpha value is -1.02. The monoisotopic (exact) mass is 333 g/mol. The third-order valence-electron chi connectivity index (χ3n) is 4.83. The maximum absolute atomic E-state index is 6.25. The minimum Gasteiger partial charge on any atom is -0.493 e. The third-order valence-corrected chi connectivity index (χ3v) is 4.83. The molecular weight excluding hydrogens is 294 g/mol. The standard InChI is InChI=1S/C22H39NO/c1-7-23(8-2)16-11-9-10-12-17-24-22-20(18(3)4)14-13-15-21(22)19(5)6/h13-15,18-19H,7-12,16-17H2,1-6H3. The molecule has 0 aromatic heterocycles. The van der Waals surface area contributed by atoms with Crippen molar-refractivity contribution in [1.82, 2.24) is 4.90 Å². The van der Waals surface area contributed by atoms with E-state index in [9.17, 15) is 0 Å². The molecule has 138 valence electrons. The van der Waals surface area contributed by atoms with Gasteiger partial charge < -0.3 is 9.64 Å². The lowest BCUT2D eigenvalue weighted by atomic mass is 9.94. The molecule has 0 bridgehead atoms. The van der Waals surface area contributed by atoms with Gasteiger partial charge in [0, 0.05) is 0 Å². The van der Waals surface area contributed by atoms with E-state index in [1.165, 1.54) is 50.0 Å². The molecule has 0 saturated heterocycles. The molecule has 2 nitrogen and oxygen atoms in total. The molecule has 0 heterocycles. The average molecular weight is 334 g/mol. The second kappa shape index (κ2) is 11.5. The zero-order chi connectivity index (χ0) is 17.9. The first-order valence-corrected chi connectivity index (χ1v) is 9.99. The summed E-state index contributed by atoms with van der Waals surface area (Å²) in [6.45, 7) is 17.9. The highest BCUT2D eigenvalue weighted by Gasteiger charge is 2.14. The lowest BCUT2D eigenvalue weighted by Gasteiger charge is -2.20. The molecule has 0 aliphatic heterocycles. The number of unbranched alkanes of at least 4 members (excludes halogenated alkanes) is 3. The number of nitrogens with zero attached hydrogens (tertiary/aromatic N) is 1. The third kappa shape index (κ3) is 6.84. The van der Waals surface area contributed by atoms with Crippen LogP contribution in [0.3, 0.4) is 0 Å². The quantitative estimate of drug-likeness (QED) is 0.421. The number of hydrogen-bond acceptors (Lipinski definition) is 2. The predicted molar refractivity (Wildman–Crippen MR) is 106 cm³/mol. The Morgan fingerprint density at radius 1 is 0.833 bits per heavy atom. The number of para-hydroxylation sites is 1. The van der Waals surface area contributed by atoms with E-state index >= 15 is 0 Å². The molecule has 0 amide bonds. The molecule has 1 aromatic rings. The van der Waals surface area contributed by atoms with Gasteiger partial charge in [-0.05, 0) is 55.4 Å². The van der Waals surface area contributed by atoms with Crippen LogP contribution >= 0.6 is 0 Å². The number of hydrogen-bond donors (Lipinski definition) is 0. The average Bonchev–Trinajstić information content (AvgIpc) is 2.57. The summed E-state index contributed by atoms with van der Waals surface area (Å²) in [4.78, 5) is 2.50. The first kappa shape index (κ1) is 21.0.